The van der Waals surface area contributed by atoms with Gasteiger partial charge in [0.15, 0.2) is 36.5 Å². The molecule has 1 aromatic rings. The van der Waals surface area contributed by atoms with E-state index in [2.05, 4.69) is 0 Å². The maximum absolute atomic E-state index is 12.4. The number of carbonyl (C=O) groups is 1. The lowest BCUT2D eigenvalue weighted by Gasteiger charge is -2.42. The number of aromatic hydroxyl groups is 2. The number of esters is 1. The second kappa shape index (κ2) is 10.5. The molecule has 0 spiro atoms. The van der Waals surface area contributed by atoms with Gasteiger partial charge in [-0.05, 0) is 18.2 Å². The molecular weight excluding hydrogens is 448 g/mol. The Morgan fingerprint density at radius 2 is 1.85 bits per heavy atom. The molecular formula is C20H28O13. The number of phenols is 2. The Morgan fingerprint density at radius 3 is 2.45 bits per heavy atom. The number of methoxy groups -OCH3 is 2. The van der Waals surface area contributed by atoms with Gasteiger partial charge in [0.25, 0.3) is 0 Å². The summed E-state index contributed by atoms with van der Waals surface area (Å²) in [6.45, 7) is -1.14. The molecule has 2 heterocycles. The van der Waals surface area contributed by atoms with Gasteiger partial charge in [-0.1, -0.05) is 0 Å². The van der Waals surface area contributed by atoms with E-state index in [0.29, 0.717) is 0 Å². The van der Waals surface area contributed by atoms with Crippen LogP contribution in [0.5, 0.6) is 11.5 Å². The SMILES string of the molecule is CO[C@@H]1C[C@](O)(CO[C@@H]2O[C@H](CO)[C@@H](OC(=O)c3ccc(O)c(O)c3)[C@H](O)[C@H]2O)[C@H](OC)O1. The molecule has 186 valence electrons. The average molecular weight is 476 g/mol. The van der Waals surface area contributed by atoms with E-state index in [-0.39, 0.29) is 12.0 Å². The average Bonchev–Trinajstić information content (AvgIpc) is 3.14. The Balaban J connectivity index is 1.66. The number of benzene rings is 1. The zero-order chi connectivity index (χ0) is 24.3. The minimum atomic E-state index is -1.73. The molecule has 0 bridgehead atoms. The standard InChI is InChI=1S/C20H28O13/c1-28-13-6-20(27,19(29-2)32-13)8-30-18-15(25)14(24)16(12(7-21)31-18)33-17(26)9-3-4-10(22)11(23)5-9/h3-5,12-16,18-19,21-25,27H,6-8H2,1-2H3/t12-,13+,14-,15-,16-,18-,19-,20+/m1/s1. The number of hydrogen-bond acceptors (Lipinski definition) is 13. The van der Waals surface area contributed by atoms with Crippen molar-refractivity contribution in [3.05, 3.63) is 23.8 Å². The first kappa shape index (κ1) is 25.6. The van der Waals surface area contributed by atoms with Crippen LogP contribution in [-0.2, 0) is 28.4 Å². The summed E-state index contributed by atoms with van der Waals surface area (Å²) in [4.78, 5) is 12.4. The van der Waals surface area contributed by atoms with Crippen LogP contribution in [-0.4, -0.2) is 113 Å². The van der Waals surface area contributed by atoms with Crippen molar-refractivity contribution in [2.24, 2.45) is 0 Å². The Bertz CT molecular complexity index is 817. The van der Waals surface area contributed by atoms with Crippen molar-refractivity contribution in [2.75, 3.05) is 27.4 Å². The monoisotopic (exact) mass is 476 g/mol. The van der Waals surface area contributed by atoms with Gasteiger partial charge in [0.05, 0.1) is 18.8 Å². The fraction of sp³-hybridized carbons (Fsp3) is 0.650. The molecule has 0 radical (unpaired) electrons. The Hall–Kier alpha value is -2.07. The van der Waals surface area contributed by atoms with Crippen LogP contribution in [0.4, 0.5) is 0 Å². The highest BCUT2D eigenvalue weighted by Gasteiger charge is 2.51. The van der Waals surface area contributed by atoms with Crippen molar-refractivity contribution in [1.82, 2.24) is 0 Å². The summed E-state index contributed by atoms with van der Waals surface area (Å²) in [7, 11) is 2.71. The Labute approximate surface area is 188 Å². The highest BCUT2D eigenvalue weighted by atomic mass is 16.8. The van der Waals surface area contributed by atoms with Crippen LogP contribution in [0, 0.1) is 0 Å². The van der Waals surface area contributed by atoms with Gasteiger partial charge in [0, 0.05) is 20.6 Å². The molecule has 0 aliphatic carbocycles. The lowest BCUT2D eigenvalue weighted by Crippen LogP contribution is -2.61. The first-order valence-corrected chi connectivity index (χ1v) is 10.0. The molecule has 2 saturated heterocycles. The maximum atomic E-state index is 12.4. The van der Waals surface area contributed by atoms with Crippen LogP contribution >= 0.6 is 0 Å². The van der Waals surface area contributed by atoms with Crippen molar-refractivity contribution >= 4 is 5.97 Å². The lowest BCUT2D eigenvalue weighted by atomic mass is 9.98. The normalized spacial score (nSPS) is 36.6. The number of phenolic OH excluding ortho intramolecular Hbond substituents is 2. The van der Waals surface area contributed by atoms with Gasteiger partial charge in [-0.2, -0.15) is 0 Å². The number of rotatable bonds is 8. The van der Waals surface area contributed by atoms with E-state index in [1.807, 2.05) is 0 Å². The topological polar surface area (TPSA) is 194 Å². The summed E-state index contributed by atoms with van der Waals surface area (Å²) in [5.41, 5.74) is -1.80. The third-order valence-electron chi connectivity index (χ3n) is 5.48. The molecule has 8 atom stereocenters. The Morgan fingerprint density at radius 1 is 1.12 bits per heavy atom. The largest absolute Gasteiger partial charge is 0.504 e. The molecule has 2 fully saturated rings. The van der Waals surface area contributed by atoms with E-state index in [9.17, 15) is 35.4 Å². The number of aliphatic hydroxyl groups excluding tert-OH is 3. The van der Waals surface area contributed by atoms with Gasteiger partial charge >= 0.3 is 5.97 Å². The number of ether oxygens (including phenoxy) is 6. The molecule has 0 saturated carbocycles. The quantitative estimate of drug-likeness (QED) is 0.181. The van der Waals surface area contributed by atoms with E-state index in [4.69, 9.17) is 28.4 Å². The van der Waals surface area contributed by atoms with Crippen LogP contribution in [0.15, 0.2) is 18.2 Å². The first-order valence-electron chi connectivity index (χ1n) is 10.0. The van der Waals surface area contributed by atoms with Crippen molar-refractivity contribution in [1.29, 1.82) is 0 Å². The summed E-state index contributed by atoms with van der Waals surface area (Å²) >= 11 is 0. The van der Waals surface area contributed by atoms with Crippen LogP contribution in [0.25, 0.3) is 0 Å². The van der Waals surface area contributed by atoms with Crippen molar-refractivity contribution in [2.45, 2.75) is 55.3 Å². The second-order valence-electron chi connectivity index (χ2n) is 7.77. The van der Waals surface area contributed by atoms with Gasteiger partial charge in [0.1, 0.15) is 23.9 Å². The van der Waals surface area contributed by atoms with Crippen LogP contribution < -0.4 is 0 Å². The summed E-state index contributed by atoms with van der Waals surface area (Å²) in [6, 6.07) is 3.20. The van der Waals surface area contributed by atoms with Crippen LogP contribution in [0.3, 0.4) is 0 Å². The van der Waals surface area contributed by atoms with Crippen molar-refractivity contribution < 1.29 is 63.9 Å². The van der Waals surface area contributed by atoms with Gasteiger partial charge in [-0.3, -0.25) is 0 Å². The molecule has 1 aromatic carbocycles. The molecule has 33 heavy (non-hydrogen) atoms. The first-order chi connectivity index (χ1) is 15.6. The molecule has 6 N–H and O–H groups in total. The van der Waals surface area contributed by atoms with Gasteiger partial charge in [-0.15, -0.1) is 0 Å². The number of carbonyl (C=O) groups excluding carboxylic acids is 1. The fourth-order valence-corrected chi connectivity index (χ4v) is 3.64. The molecule has 2 aliphatic rings. The van der Waals surface area contributed by atoms with E-state index in [1.165, 1.54) is 20.3 Å². The summed E-state index contributed by atoms with van der Waals surface area (Å²) < 4.78 is 31.6. The van der Waals surface area contributed by atoms with E-state index < -0.39 is 79.6 Å². The number of hydrogen-bond donors (Lipinski definition) is 6. The van der Waals surface area contributed by atoms with Crippen molar-refractivity contribution in [3.63, 3.8) is 0 Å². The summed E-state index contributed by atoms with van der Waals surface area (Å²) in [5, 5.41) is 60.3. The van der Waals surface area contributed by atoms with Gasteiger partial charge < -0.3 is 59.1 Å². The molecule has 0 amide bonds. The minimum Gasteiger partial charge on any atom is -0.504 e. The van der Waals surface area contributed by atoms with E-state index in [0.717, 1.165) is 12.1 Å². The zero-order valence-electron chi connectivity index (χ0n) is 17.9. The summed E-state index contributed by atoms with van der Waals surface area (Å²) in [5.74, 6) is -2.01. The zero-order valence-corrected chi connectivity index (χ0v) is 17.9. The third-order valence-corrected chi connectivity index (χ3v) is 5.48. The number of aliphatic hydroxyl groups is 4. The second-order valence-corrected chi connectivity index (χ2v) is 7.77. The Kier molecular flexibility index (Phi) is 8.10. The smallest absolute Gasteiger partial charge is 0.338 e. The molecule has 13 heteroatoms. The van der Waals surface area contributed by atoms with Gasteiger partial charge in [0.2, 0.25) is 0 Å². The van der Waals surface area contributed by atoms with Gasteiger partial charge in [-0.25, -0.2) is 4.79 Å². The lowest BCUT2D eigenvalue weighted by molar-refractivity contribution is -0.314. The van der Waals surface area contributed by atoms with E-state index >= 15 is 0 Å². The molecule has 2 aliphatic heterocycles. The van der Waals surface area contributed by atoms with Crippen LogP contribution in [0.2, 0.25) is 0 Å². The van der Waals surface area contributed by atoms with Crippen LogP contribution in [0.1, 0.15) is 16.8 Å². The minimum absolute atomic E-state index is 0.00346. The van der Waals surface area contributed by atoms with E-state index in [1.54, 1.807) is 0 Å². The molecule has 0 unspecified atom stereocenters. The highest BCUT2D eigenvalue weighted by Crippen LogP contribution is 2.34. The predicted molar refractivity (Wildman–Crippen MR) is 105 cm³/mol. The fourth-order valence-electron chi connectivity index (χ4n) is 3.64. The summed E-state index contributed by atoms with van der Waals surface area (Å²) in [6.07, 6.45) is -9.56. The maximum Gasteiger partial charge on any atom is 0.338 e. The highest BCUT2D eigenvalue weighted by molar-refractivity contribution is 5.90. The molecule has 0 aromatic heterocycles. The van der Waals surface area contributed by atoms with Crippen molar-refractivity contribution in [3.8, 4) is 11.5 Å². The predicted octanol–water partition coefficient (Wildman–Crippen LogP) is -1.82. The molecule has 3 rings (SSSR count). The molecule has 13 nitrogen and oxygen atoms in total. The third kappa shape index (κ3) is 5.37.